The van der Waals surface area contributed by atoms with Crippen molar-refractivity contribution >= 4 is 0 Å². The summed E-state index contributed by atoms with van der Waals surface area (Å²) >= 11 is 0. The van der Waals surface area contributed by atoms with Crippen LogP contribution in [0.4, 0.5) is 0 Å². The lowest BCUT2D eigenvalue weighted by atomic mass is 10.3. The first-order valence-electron chi connectivity index (χ1n) is 3.82. The third-order valence-electron chi connectivity index (χ3n) is 1.61. The molecule has 0 radical (unpaired) electrons. The molecule has 0 fully saturated rings. The molecule has 0 spiro atoms. The van der Waals surface area contributed by atoms with Crippen LogP contribution in [0.3, 0.4) is 0 Å². The minimum absolute atomic E-state index is 0.0150. The van der Waals surface area contributed by atoms with Gasteiger partial charge in [0.15, 0.2) is 0 Å². The lowest BCUT2D eigenvalue weighted by molar-refractivity contribution is 0.355. The zero-order chi connectivity index (χ0) is 8.10. The highest BCUT2D eigenvalue weighted by Crippen LogP contribution is 2.01. The molecule has 2 heteroatoms. The molecule has 1 heterocycles. The molecule has 0 amide bonds. The van der Waals surface area contributed by atoms with Gasteiger partial charge in [-0.15, -0.1) is 0 Å². The van der Waals surface area contributed by atoms with Crippen molar-refractivity contribution in [3.05, 3.63) is 36.6 Å². The van der Waals surface area contributed by atoms with Gasteiger partial charge in [-0.2, -0.15) is 0 Å². The summed E-state index contributed by atoms with van der Waals surface area (Å²) < 4.78 is 0. The van der Waals surface area contributed by atoms with E-state index in [1.165, 1.54) is 0 Å². The van der Waals surface area contributed by atoms with Crippen LogP contribution in [0.25, 0.3) is 0 Å². The Morgan fingerprint density at radius 1 is 1.55 bits per heavy atom. The minimum atomic E-state index is 0.0150. The van der Waals surface area contributed by atoms with Crippen molar-refractivity contribution in [3.63, 3.8) is 0 Å². The first kappa shape index (κ1) is 8.08. The van der Waals surface area contributed by atoms with Gasteiger partial charge in [-0.1, -0.05) is 24.3 Å². The molecule has 11 heavy (non-hydrogen) atoms. The first-order chi connectivity index (χ1) is 5.34. The van der Waals surface area contributed by atoms with Gasteiger partial charge in [0.1, 0.15) is 0 Å². The fourth-order valence-electron chi connectivity index (χ4n) is 1.01. The fourth-order valence-corrected chi connectivity index (χ4v) is 1.01. The third-order valence-corrected chi connectivity index (χ3v) is 1.61. The summed E-state index contributed by atoms with van der Waals surface area (Å²) in [7, 11) is 0. The van der Waals surface area contributed by atoms with Gasteiger partial charge in [0.05, 0.1) is 6.17 Å². The number of hydrogen-bond donors (Lipinski definition) is 1. The molecule has 1 aliphatic heterocycles. The van der Waals surface area contributed by atoms with Gasteiger partial charge in [-0.25, -0.2) is 0 Å². The smallest absolute Gasteiger partial charge is 0.0959 e. The molecule has 0 saturated heterocycles. The normalized spacial score (nSPS) is 19.6. The molecule has 0 saturated carbocycles. The average Bonchev–Trinajstić information content (AvgIpc) is 2.07. The Bertz CT molecular complexity index is 192. The number of rotatable bonds is 2. The van der Waals surface area contributed by atoms with Crippen molar-refractivity contribution in [2.24, 2.45) is 5.73 Å². The Balaban J connectivity index is 2.48. The highest BCUT2D eigenvalue weighted by atomic mass is 15.2. The Labute approximate surface area is 67.7 Å². The third kappa shape index (κ3) is 2.24. The van der Waals surface area contributed by atoms with Crippen LogP contribution in [-0.2, 0) is 0 Å². The molecule has 1 aliphatic rings. The van der Waals surface area contributed by atoms with Crippen molar-refractivity contribution in [3.8, 4) is 0 Å². The number of hydrogen-bond acceptors (Lipinski definition) is 2. The first-order valence-corrected chi connectivity index (χ1v) is 3.82. The molecule has 2 N–H and O–H groups in total. The summed E-state index contributed by atoms with van der Waals surface area (Å²) in [5.41, 5.74) is 5.81. The predicted octanol–water partition coefficient (Wildman–Crippen LogP) is 1.23. The molecule has 2 nitrogen and oxygen atoms in total. The summed E-state index contributed by atoms with van der Waals surface area (Å²) in [4.78, 5) is 2.07. The summed E-state index contributed by atoms with van der Waals surface area (Å²) in [6, 6.07) is 0. The molecule has 0 aromatic carbocycles. The van der Waals surface area contributed by atoms with Gasteiger partial charge in [0.2, 0.25) is 0 Å². The van der Waals surface area contributed by atoms with Crippen molar-refractivity contribution in [2.45, 2.75) is 13.1 Å². The topological polar surface area (TPSA) is 29.3 Å². The quantitative estimate of drug-likeness (QED) is 0.600. The van der Waals surface area contributed by atoms with E-state index in [-0.39, 0.29) is 6.17 Å². The zero-order valence-corrected chi connectivity index (χ0v) is 6.77. The lowest BCUT2D eigenvalue weighted by Gasteiger charge is -2.25. The van der Waals surface area contributed by atoms with Crippen LogP contribution in [-0.4, -0.2) is 17.6 Å². The SMILES string of the molecule is C/C=C/C(N)N1C=CC=CC1. The van der Waals surface area contributed by atoms with Crippen molar-refractivity contribution in [1.29, 1.82) is 0 Å². The average molecular weight is 150 g/mol. The molecule has 0 aromatic rings. The molecule has 1 atom stereocenters. The van der Waals surface area contributed by atoms with Crippen LogP contribution < -0.4 is 5.73 Å². The van der Waals surface area contributed by atoms with E-state index in [4.69, 9.17) is 5.73 Å². The second kappa shape index (κ2) is 3.98. The summed E-state index contributed by atoms with van der Waals surface area (Å²) in [5, 5.41) is 0. The second-order valence-electron chi connectivity index (χ2n) is 2.48. The standard InChI is InChI=1S/C9H14N2/c1-2-6-9(10)11-7-4-3-5-8-11/h2-7,9H,8,10H2,1H3/b6-2+. The van der Waals surface area contributed by atoms with Crippen molar-refractivity contribution < 1.29 is 0 Å². The van der Waals surface area contributed by atoms with Gasteiger partial charge in [-0.3, -0.25) is 0 Å². The van der Waals surface area contributed by atoms with E-state index >= 15 is 0 Å². The summed E-state index contributed by atoms with van der Waals surface area (Å²) in [6.07, 6.45) is 12.1. The Hall–Kier alpha value is -1.02. The van der Waals surface area contributed by atoms with Crippen LogP contribution in [0.15, 0.2) is 36.6 Å². The van der Waals surface area contributed by atoms with Gasteiger partial charge < -0.3 is 10.6 Å². The van der Waals surface area contributed by atoms with E-state index in [2.05, 4.69) is 11.0 Å². The van der Waals surface area contributed by atoms with Gasteiger partial charge >= 0.3 is 0 Å². The minimum Gasteiger partial charge on any atom is -0.355 e. The fraction of sp³-hybridized carbons (Fsp3) is 0.333. The van der Waals surface area contributed by atoms with Crippen LogP contribution in [0.5, 0.6) is 0 Å². The summed E-state index contributed by atoms with van der Waals surface area (Å²) in [5.74, 6) is 0. The predicted molar refractivity (Wildman–Crippen MR) is 47.8 cm³/mol. The number of allylic oxidation sites excluding steroid dienone is 3. The van der Waals surface area contributed by atoms with Crippen LogP contribution in [0.2, 0.25) is 0 Å². The van der Waals surface area contributed by atoms with E-state index < -0.39 is 0 Å². The number of nitrogens with two attached hydrogens (primary N) is 1. The zero-order valence-electron chi connectivity index (χ0n) is 6.77. The van der Waals surface area contributed by atoms with E-state index in [0.29, 0.717) is 0 Å². The van der Waals surface area contributed by atoms with E-state index in [1.54, 1.807) is 0 Å². The largest absolute Gasteiger partial charge is 0.355 e. The number of nitrogens with zero attached hydrogens (tertiary/aromatic N) is 1. The Kier molecular flexibility index (Phi) is 2.93. The van der Waals surface area contributed by atoms with Gasteiger partial charge in [0.25, 0.3) is 0 Å². The van der Waals surface area contributed by atoms with E-state index in [9.17, 15) is 0 Å². The molecule has 1 unspecified atom stereocenters. The molecule has 1 rings (SSSR count). The van der Waals surface area contributed by atoms with E-state index in [0.717, 1.165) is 6.54 Å². The lowest BCUT2D eigenvalue weighted by Crippen LogP contribution is -2.37. The van der Waals surface area contributed by atoms with E-state index in [1.807, 2.05) is 37.4 Å². The molecule has 0 aromatic heterocycles. The molecule has 0 bridgehead atoms. The van der Waals surface area contributed by atoms with Crippen LogP contribution in [0.1, 0.15) is 6.92 Å². The molecule has 60 valence electrons. The van der Waals surface area contributed by atoms with Crippen LogP contribution >= 0.6 is 0 Å². The highest BCUT2D eigenvalue weighted by molar-refractivity contribution is 5.10. The Morgan fingerprint density at radius 3 is 2.91 bits per heavy atom. The van der Waals surface area contributed by atoms with Gasteiger partial charge in [-0.05, 0) is 13.0 Å². The van der Waals surface area contributed by atoms with Crippen molar-refractivity contribution in [1.82, 2.24) is 4.90 Å². The maximum Gasteiger partial charge on any atom is 0.0959 e. The highest BCUT2D eigenvalue weighted by Gasteiger charge is 2.04. The molecule has 0 aliphatic carbocycles. The van der Waals surface area contributed by atoms with Gasteiger partial charge in [0, 0.05) is 12.7 Å². The Morgan fingerprint density at radius 2 is 2.36 bits per heavy atom. The second-order valence-corrected chi connectivity index (χ2v) is 2.48. The van der Waals surface area contributed by atoms with Crippen molar-refractivity contribution in [2.75, 3.05) is 6.54 Å². The maximum atomic E-state index is 5.81. The monoisotopic (exact) mass is 150 g/mol. The molecular formula is C9H14N2. The molecular weight excluding hydrogens is 136 g/mol. The summed E-state index contributed by atoms with van der Waals surface area (Å²) in [6.45, 7) is 2.88. The maximum absolute atomic E-state index is 5.81. The van der Waals surface area contributed by atoms with Crippen LogP contribution in [0, 0.1) is 0 Å².